The summed E-state index contributed by atoms with van der Waals surface area (Å²) in [5, 5.41) is 8.39. The molecule has 6 aromatic rings. The molecule has 0 aliphatic heterocycles. The summed E-state index contributed by atoms with van der Waals surface area (Å²) in [6.45, 7) is 13.5. The van der Waals surface area contributed by atoms with Gasteiger partial charge < -0.3 is 5.73 Å². The van der Waals surface area contributed by atoms with Crippen LogP contribution in [0.1, 0.15) is 27.7 Å². The molecular weight excluding hydrogens is 777 g/mol. The van der Waals surface area contributed by atoms with E-state index in [0.29, 0.717) is 0 Å². The Bertz CT molecular complexity index is 1450. The van der Waals surface area contributed by atoms with Gasteiger partial charge in [-0.2, -0.15) is 5.57 Å². The molecule has 0 saturated carbocycles. The summed E-state index contributed by atoms with van der Waals surface area (Å²) in [4.78, 5) is 0. The third kappa shape index (κ3) is 12.7. The molecule has 0 bridgehead atoms. The van der Waals surface area contributed by atoms with Crippen LogP contribution in [-0.2, 0) is 17.2 Å². The van der Waals surface area contributed by atoms with Gasteiger partial charge in [0.05, 0.1) is 0 Å². The van der Waals surface area contributed by atoms with Crippen molar-refractivity contribution in [1.29, 1.82) is 0 Å². The van der Waals surface area contributed by atoms with E-state index in [9.17, 15) is 0 Å². The van der Waals surface area contributed by atoms with Gasteiger partial charge >= 0.3 is 30.6 Å². The molecule has 0 fully saturated rings. The van der Waals surface area contributed by atoms with E-state index in [1.165, 1.54) is 31.8 Å². The molecular formula is C44H43BrP2Pd. The molecule has 0 saturated heterocycles. The zero-order chi connectivity index (χ0) is 34.6. The van der Waals surface area contributed by atoms with E-state index < -0.39 is 15.8 Å². The van der Waals surface area contributed by atoms with Gasteiger partial charge in [-0.05, 0) is 47.7 Å². The van der Waals surface area contributed by atoms with Gasteiger partial charge in [-0.25, -0.2) is 6.58 Å². The second-order valence-corrected chi connectivity index (χ2v) is 16.1. The SMILES string of the molecule is [Br][Pd+].[CH-]=C=C(C)C(C)(C)C.c1ccc(P(c2ccccc2)c2ccccc2)cc1.c1ccc(P(c2ccccc2)c2ccccc2)cc1. The van der Waals surface area contributed by atoms with Gasteiger partial charge in [-0.1, -0.05) is 208 Å². The molecule has 6 aromatic carbocycles. The summed E-state index contributed by atoms with van der Waals surface area (Å²) in [5.74, 6) is 0. The molecule has 0 unspecified atom stereocenters. The van der Waals surface area contributed by atoms with Crippen LogP contribution in [-0.4, -0.2) is 0 Å². The Labute approximate surface area is 309 Å². The maximum atomic E-state index is 5.17. The van der Waals surface area contributed by atoms with Gasteiger partial charge in [0, 0.05) is 0 Å². The van der Waals surface area contributed by atoms with Crippen LogP contribution in [0.4, 0.5) is 0 Å². The zero-order valence-electron chi connectivity index (χ0n) is 28.0. The molecule has 0 heterocycles. The van der Waals surface area contributed by atoms with Crippen molar-refractivity contribution in [2.24, 2.45) is 5.41 Å². The quantitative estimate of drug-likeness (QED) is 0.0680. The predicted octanol–water partition coefficient (Wildman–Crippen LogP) is 10.3. The molecule has 0 amide bonds. The van der Waals surface area contributed by atoms with Crippen LogP contribution >= 0.6 is 29.3 Å². The minimum atomic E-state index is -0.446. The van der Waals surface area contributed by atoms with Crippen LogP contribution in [0.15, 0.2) is 193 Å². The summed E-state index contributed by atoms with van der Waals surface area (Å²) >= 11 is 5.35. The Kier molecular flexibility index (Phi) is 17.8. The molecule has 0 atom stereocenters. The summed E-state index contributed by atoms with van der Waals surface area (Å²) in [7, 11) is -0.892. The van der Waals surface area contributed by atoms with Crippen molar-refractivity contribution in [3.8, 4) is 0 Å². The molecule has 0 spiro atoms. The molecule has 0 N–H and O–H groups in total. The Morgan fingerprint density at radius 1 is 0.438 bits per heavy atom. The number of allylic oxidation sites excluding steroid dienone is 1. The van der Waals surface area contributed by atoms with Gasteiger partial charge in [-0.3, -0.25) is 0 Å². The average Bonchev–Trinajstić information content (AvgIpc) is 3.15. The number of rotatable bonds is 6. The summed E-state index contributed by atoms with van der Waals surface area (Å²) in [6, 6.07) is 64.7. The fourth-order valence-corrected chi connectivity index (χ4v) is 9.18. The van der Waals surface area contributed by atoms with Crippen LogP contribution in [0, 0.1) is 12.0 Å². The number of hydrogen-bond acceptors (Lipinski definition) is 0. The first-order valence-electron chi connectivity index (χ1n) is 15.7. The third-order valence-corrected chi connectivity index (χ3v) is 12.3. The number of hydrogen-bond donors (Lipinski definition) is 0. The van der Waals surface area contributed by atoms with Gasteiger partial charge in [0.25, 0.3) is 0 Å². The maximum Gasteiger partial charge on any atom is -0.0134 e. The Morgan fingerprint density at radius 2 is 0.604 bits per heavy atom. The van der Waals surface area contributed by atoms with Crippen molar-refractivity contribution in [2.45, 2.75) is 27.7 Å². The van der Waals surface area contributed by atoms with E-state index in [1.807, 2.05) is 6.92 Å². The van der Waals surface area contributed by atoms with Crippen LogP contribution in [0.25, 0.3) is 0 Å². The first kappa shape index (κ1) is 39.3. The van der Waals surface area contributed by atoms with Crippen LogP contribution in [0.2, 0.25) is 0 Å². The molecule has 4 heteroatoms. The minimum Gasteiger partial charge on any atom is -0.335 e. The first-order chi connectivity index (χ1) is 23.4. The molecule has 48 heavy (non-hydrogen) atoms. The standard InChI is InChI=1S/2C18H15P.C8H13.BrH.Pd/c2*1-4-10-16(11-5-1)19(17-12-6-2-7-13-17)18-14-8-3-9-15-18;1-6-7(2)8(3,4)5;;/h2*1-15H;1H,2-5H3;1H;/q;;-1;;+2/p-1. The number of halogens is 1. The topological polar surface area (TPSA) is 0 Å². The smallest absolute Gasteiger partial charge is 0.0134 e. The Morgan fingerprint density at radius 3 is 0.708 bits per heavy atom. The second kappa shape index (κ2) is 21.7. The molecule has 0 radical (unpaired) electrons. The van der Waals surface area contributed by atoms with Gasteiger partial charge in [-0.15, -0.1) is 6.92 Å². The van der Waals surface area contributed by atoms with Gasteiger partial charge in [0.1, 0.15) is 0 Å². The first-order valence-corrected chi connectivity index (χ1v) is 22.0. The molecule has 0 nitrogen and oxygen atoms in total. The summed E-state index contributed by atoms with van der Waals surface area (Å²) in [5.41, 5.74) is 3.92. The number of benzene rings is 6. The van der Waals surface area contributed by atoms with Gasteiger partial charge in [0.15, 0.2) is 0 Å². The summed E-state index contributed by atoms with van der Waals surface area (Å²) in [6.07, 6.45) is 0. The van der Waals surface area contributed by atoms with E-state index in [0.717, 1.165) is 5.57 Å². The molecule has 0 aliphatic carbocycles. The van der Waals surface area contributed by atoms with Crippen molar-refractivity contribution in [2.75, 3.05) is 0 Å². The van der Waals surface area contributed by atoms with Crippen molar-refractivity contribution in [3.63, 3.8) is 0 Å². The average molecular weight is 820 g/mol. The monoisotopic (exact) mass is 818 g/mol. The van der Waals surface area contributed by atoms with Crippen LogP contribution in [0.5, 0.6) is 0 Å². The Balaban J connectivity index is 0.000000206. The normalized spacial score (nSPS) is 10.3. The summed E-state index contributed by atoms with van der Waals surface area (Å²) < 4.78 is 0. The van der Waals surface area contributed by atoms with Crippen LogP contribution < -0.4 is 31.8 Å². The van der Waals surface area contributed by atoms with Crippen molar-refractivity contribution < 1.29 is 17.2 Å². The van der Waals surface area contributed by atoms with E-state index in [4.69, 9.17) is 6.58 Å². The van der Waals surface area contributed by atoms with E-state index in [-0.39, 0.29) is 5.41 Å². The fourth-order valence-electron chi connectivity index (χ4n) is 4.57. The third-order valence-electron chi connectivity index (χ3n) is 7.43. The van der Waals surface area contributed by atoms with E-state index in [1.54, 1.807) is 0 Å². The molecule has 0 aliphatic rings. The molecule has 246 valence electrons. The Hall–Kier alpha value is -3.16. The molecule has 0 aromatic heterocycles. The predicted molar refractivity (Wildman–Crippen MR) is 216 cm³/mol. The van der Waals surface area contributed by atoms with Gasteiger partial charge in [0.2, 0.25) is 0 Å². The van der Waals surface area contributed by atoms with Crippen molar-refractivity contribution in [3.05, 3.63) is 200 Å². The van der Waals surface area contributed by atoms with Crippen molar-refractivity contribution >= 4 is 61.1 Å². The van der Waals surface area contributed by atoms with E-state index >= 15 is 0 Å². The van der Waals surface area contributed by atoms with E-state index in [2.05, 4.69) is 239 Å². The molecule has 6 rings (SSSR count). The van der Waals surface area contributed by atoms with Crippen molar-refractivity contribution in [1.82, 2.24) is 0 Å². The second-order valence-electron chi connectivity index (χ2n) is 11.7. The maximum absolute atomic E-state index is 5.17. The fraction of sp³-hybridized carbons (Fsp3) is 0.114. The minimum absolute atomic E-state index is 0.189. The van der Waals surface area contributed by atoms with Crippen LogP contribution in [0.3, 0.4) is 0 Å². The largest absolute Gasteiger partial charge is 0.335 e. The zero-order valence-corrected chi connectivity index (χ0v) is 32.9.